The standard InChI is InChI=1S/C15H26N4O2/c1-15(2,3)19-10-7-17-13(14(19)20)18-8-4-12(5-9-18)21-11-6-16/h7,10,12H,4-6,8-9,11,16H2,1-3H3. The third-order valence-corrected chi connectivity index (χ3v) is 3.76. The molecule has 21 heavy (non-hydrogen) atoms. The van der Waals surface area contributed by atoms with Crippen LogP contribution in [0.4, 0.5) is 5.82 Å². The highest BCUT2D eigenvalue weighted by molar-refractivity contribution is 5.36. The van der Waals surface area contributed by atoms with Crippen molar-refractivity contribution in [3.05, 3.63) is 22.7 Å². The van der Waals surface area contributed by atoms with Crippen molar-refractivity contribution in [2.24, 2.45) is 5.73 Å². The van der Waals surface area contributed by atoms with Gasteiger partial charge in [0.05, 0.1) is 12.7 Å². The normalized spacial score (nSPS) is 17.2. The molecule has 1 aromatic heterocycles. The van der Waals surface area contributed by atoms with Crippen molar-refractivity contribution in [1.29, 1.82) is 0 Å². The Morgan fingerprint density at radius 1 is 1.38 bits per heavy atom. The highest BCUT2D eigenvalue weighted by atomic mass is 16.5. The molecule has 1 aliphatic rings. The van der Waals surface area contributed by atoms with Crippen LogP contribution in [-0.4, -0.2) is 41.9 Å². The molecule has 0 aromatic carbocycles. The van der Waals surface area contributed by atoms with Gasteiger partial charge < -0.3 is 19.9 Å². The lowest BCUT2D eigenvalue weighted by Crippen LogP contribution is -2.43. The Balaban J connectivity index is 2.09. The number of piperidine rings is 1. The van der Waals surface area contributed by atoms with Crippen molar-refractivity contribution >= 4 is 5.82 Å². The highest BCUT2D eigenvalue weighted by Crippen LogP contribution is 2.18. The number of ether oxygens (including phenoxy) is 1. The molecule has 6 heteroatoms. The molecule has 118 valence electrons. The number of rotatable bonds is 4. The van der Waals surface area contributed by atoms with Crippen molar-refractivity contribution in [3.8, 4) is 0 Å². The van der Waals surface area contributed by atoms with Gasteiger partial charge in [-0.3, -0.25) is 4.79 Å². The molecule has 0 atom stereocenters. The molecular weight excluding hydrogens is 268 g/mol. The van der Waals surface area contributed by atoms with E-state index in [-0.39, 0.29) is 17.2 Å². The van der Waals surface area contributed by atoms with Gasteiger partial charge in [-0.2, -0.15) is 0 Å². The number of hydrogen-bond acceptors (Lipinski definition) is 5. The molecule has 0 unspecified atom stereocenters. The van der Waals surface area contributed by atoms with Crippen LogP contribution in [0.25, 0.3) is 0 Å². The number of nitrogens with zero attached hydrogens (tertiary/aromatic N) is 3. The fourth-order valence-corrected chi connectivity index (χ4v) is 2.62. The molecule has 0 aliphatic carbocycles. The van der Waals surface area contributed by atoms with Gasteiger partial charge in [0.15, 0.2) is 5.82 Å². The van der Waals surface area contributed by atoms with Crippen molar-refractivity contribution in [2.45, 2.75) is 45.3 Å². The average molecular weight is 294 g/mol. The molecular formula is C15H26N4O2. The summed E-state index contributed by atoms with van der Waals surface area (Å²) in [7, 11) is 0. The second-order valence-corrected chi connectivity index (χ2v) is 6.44. The van der Waals surface area contributed by atoms with Gasteiger partial charge in [-0.15, -0.1) is 0 Å². The Hall–Kier alpha value is -1.40. The van der Waals surface area contributed by atoms with E-state index < -0.39 is 0 Å². The first-order valence-electron chi connectivity index (χ1n) is 7.58. The van der Waals surface area contributed by atoms with E-state index in [1.165, 1.54) is 0 Å². The quantitative estimate of drug-likeness (QED) is 0.895. The largest absolute Gasteiger partial charge is 0.377 e. The summed E-state index contributed by atoms with van der Waals surface area (Å²) in [6.07, 6.45) is 5.53. The van der Waals surface area contributed by atoms with E-state index in [2.05, 4.69) is 9.88 Å². The lowest BCUT2D eigenvalue weighted by atomic mass is 10.1. The summed E-state index contributed by atoms with van der Waals surface area (Å²) >= 11 is 0. The molecule has 0 saturated carbocycles. The monoisotopic (exact) mass is 294 g/mol. The molecule has 1 aromatic rings. The second kappa shape index (κ2) is 6.58. The third kappa shape index (κ3) is 3.83. The lowest BCUT2D eigenvalue weighted by Gasteiger charge is -2.33. The Morgan fingerprint density at radius 3 is 2.62 bits per heavy atom. The van der Waals surface area contributed by atoms with E-state index in [1.54, 1.807) is 17.0 Å². The summed E-state index contributed by atoms with van der Waals surface area (Å²) in [5.74, 6) is 0.546. The summed E-state index contributed by atoms with van der Waals surface area (Å²) in [4.78, 5) is 18.9. The van der Waals surface area contributed by atoms with E-state index in [0.717, 1.165) is 25.9 Å². The van der Waals surface area contributed by atoms with Crippen molar-refractivity contribution in [2.75, 3.05) is 31.1 Å². The summed E-state index contributed by atoms with van der Waals surface area (Å²) in [5.41, 5.74) is 5.19. The maximum absolute atomic E-state index is 12.6. The molecule has 6 nitrogen and oxygen atoms in total. The molecule has 0 radical (unpaired) electrons. The van der Waals surface area contributed by atoms with Crippen molar-refractivity contribution in [3.63, 3.8) is 0 Å². The van der Waals surface area contributed by atoms with Gasteiger partial charge in [0, 0.05) is 37.6 Å². The zero-order chi connectivity index (χ0) is 15.5. The Bertz CT molecular complexity index is 513. The van der Waals surface area contributed by atoms with Crippen LogP contribution in [0.1, 0.15) is 33.6 Å². The molecule has 1 saturated heterocycles. The first-order valence-corrected chi connectivity index (χ1v) is 7.58. The predicted octanol–water partition coefficient (Wildman–Crippen LogP) is 0.942. The van der Waals surface area contributed by atoms with E-state index in [1.807, 2.05) is 20.8 Å². The van der Waals surface area contributed by atoms with E-state index in [0.29, 0.717) is 19.0 Å². The van der Waals surface area contributed by atoms with Crippen LogP contribution < -0.4 is 16.2 Å². The first kappa shape index (κ1) is 16.0. The lowest BCUT2D eigenvalue weighted by molar-refractivity contribution is 0.0420. The van der Waals surface area contributed by atoms with Gasteiger partial charge in [-0.05, 0) is 33.6 Å². The predicted molar refractivity (Wildman–Crippen MR) is 83.7 cm³/mol. The number of aromatic nitrogens is 2. The van der Waals surface area contributed by atoms with Crippen LogP contribution in [0.5, 0.6) is 0 Å². The highest BCUT2D eigenvalue weighted by Gasteiger charge is 2.24. The van der Waals surface area contributed by atoms with Crippen molar-refractivity contribution in [1.82, 2.24) is 9.55 Å². The maximum atomic E-state index is 12.6. The fourth-order valence-electron chi connectivity index (χ4n) is 2.62. The molecule has 2 rings (SSSR count). The Morgan fingerprint density at radius 2 is 2.05 bits per heavy atom. The summed E-state index contributed by atoms with van der Waals surface area (Å²) in [6, 6.07) is 0. The fraction of sp³-hybridized carbons (Fsp3) is 0.733. The van der Waals surface area contributed by atoms with Gasteiger partial charge in [0.1, 0.15) is 0 Å². The number of anilines is 1. The first-order chi connectivity index (χ1) is 9.93. The van der Waals surface area contributed by atoms with Crippen LogP contribution in [0, 0.1) is 0 Å². The van der Waals surface area contributed by atoms with Gasteiger partial charge in [-0.1, -0.05) is 0 Å². The SMILES string of the molecule is CC(C)(C)n1ccnc(N2CCC(OCCN)CC2)c1=O. The van der Waals surface area contributed by atoms with E-state index in [4.69, 9.17) is 10.5 Å². The van der Waals surface area contributed by atoms with Crippen molar-refractivity contribution < 1.29 is 4.74 Å². The minimum Gasteiger partial charge on any atom is -0.377 e. The zero-order valence-electron chi connectivity index (χ0n) is 13.2. The topological polar surface area (TPSA) is 73.4 Å². The molecule has 1 aliphatic heterocycles. The summed E-state index contributed by atoms with van der Waals surface area (Å²) in [6.45, 7) is 8.81. The molecule has 2 N–H and O–H groups in total. The van der Waals surface area contributed by atoms with Gasteiger partial charge in [0.25, 0.3) is 5.56 Å². The minimum atomic E-state index is -0.239. The molecule has 0 bridgehead atoms. The van der Waals surface area contributed by atoms with Crippen LogP contribution in [-0.2, 0) is 10.3 Å². The summed E-state index contributed by atoms with van der Waals surface area (Å²) < 4.78 is 7.41. The second-order valence-electron chi connectivity index (χ2n) is 6.44. The number of nitrogens with two attached hydrogens (primary N) is 1. The van der Waals surface area contributed by atoms with E-state index >= 15 is 0 Å². The average Bonchev–Trinajstić information content (AvgIpc) is 2.45. The molecule has 1 fully saturated rings. The minimum absolute atomic E-state index is 0.0219. The zero-order valence-corrected chi connectivity index (χ0v) is 13.2. The molecule has 0 amide bonds. The number of hydrogen-bond donors (Lipinski definition) is 1. The van der Waals surface area contributed by atoms with Gasteiger partial charge in [0.2, 0.25) is 0 Å². The van der Waals surface area contributed by atoms with Crippen LogP contribution >= 0.6 is 0 Å². The van der Waals surface area contributed by atoms with E-state index in [9.17, 15) is 4.79 Å². The summed E-state index contributed by atoms with van der Waals surface area (Å²) in [5, 5.41) is 0. The Kier molecular flexibility index (Phi) is 5.00. The molecule has 0 spiro atoms. The maximum Gasteiger partial charge on any atom is 0.293 e. The van der Waals surface area contributed by atoms with Crippen LogP contribution in [0.15, 0.2) is 17.2 Å². The molecule has 2 heterocycles. The van der Waals surface area contributed by atoms with Gasteiger partial charge in [-0.25, -0.2) is 4.98 Å². The Labute approximate surface area is 125 Å². The smallest absolute Gasteiger partial charge is 0.293 e. The van der Waals surface area contributed by atoms with Gasteiger partial charge >= 0.3 is 0 Å². The third-order valence-electron chi connectivity index (χ3n) is 3.76. The van der Waals surface area contributed by atoms with Crippen LogP contribution in [0.2, 0.25) is 0 Å². The van der Waals surface area contributed by atoms with Crippen LogP contribution in [0.3, 0.4) is 0 Å².